The molecule has 112 valence electrons. The molecular formula is C13H14N2O5S. The molecule has 2 aromatic rings. The number of carboxylic acid groups (broad SMARTS) is 1. The number of hydrogen-bond acceptors (Lipinski definition) is 5. The average Bonchev–Trinajstić information content (AvgIpc) is 2.99. The molecule has 0 saturated carbocycles. The number of carbonyl (C=O) groups is 1. The van der Waals surface area contributed by atoms with Gasteiger partial charge in [0, 0.05) is 18.9 Å². The fraction of sp³-hybridized carbons (Fsp3) is 0.231. The first-order valence-electron chi connectivity index (χ1n) is 6.12. The van der Waals surface area contributed by atoms with E-state index >= 15 is 0 Å². The van der Waals surface area contributed by atoms with Crippen molar-refractivity contribution in [2.24, 2.45) is 5.92 Å². The summed E-state index contributed by atoms with van der Waals surface area (Å²) in [6.07, 6.45) is 5.65. The van der Waals surface area contributed by atoms with Crippen LogP contribution in [0.5, 0.6) is 0 Å². The van der Waals surface area contributed by atoms with Crippen molar-refractivity contribution in [1.82, 2.24) is 9.71 Å². The first-order valence-corrected chi connectivity index (χ1v) is 7.61. The lowest BCUT2D eigenvalue weighted by Crippen LogP contribution is -2.34. The summed E-state index contributed by atoms with van der Waals surface area (Å²) in [5.74, 6) is -1.95. The van der Waals surface area contributed by atoms with E-state index in [0.29, 0.717) is 0 Å². The summed E-state index contributed by atoms with van der Waals surface area (Å²) < 4.78 is 30.8. The van der Waals surface area contributed by atoms with Crippen molar-refractivity contribution in [2.45, 2.75) is 11.3 Å². The van der Waals surface area contributed by atoms with E-state index in [1.165, 1.54) is 12.3 Å². The Hall–Kier alpha value is -2.19. The third kappa shape index (κ3) is 4.14. The van der Waals surface area contributed by atoms with Gasteiger partial charge in [0.2, 0.25) is 10.0 Å². The van der Waals surface area contributed by atoms with Crippen molar-refractivity contribution in [3.05, 3.63) is 48.7 Å². The zero-order valence-electron chi connectivity index (χ0n) is 11.0. The molecule has 0 aliphatic rings. The second kappa shape index (κ2) is 6.51. The number of aromatic nitrogens is 1. The van der Waals surface area contributed by atoms with Gasteiger partial charge in [-0.1, -0.05) is 6.07 Å². The third-order valence-corrected chi connectivity index (χ3v) is 4.28. The molecule has 0 saturated heterocycles. The molecule has 1 atom stereocenters. The van der Waals surface area contributed by atoms with Crippen molar-refractivity contribution in [3.63, 3.8) is 0 Å². The SMILES string of the molecule is O=C(O)C(CNS(=O)(=O)c1ccoc1)Cc1cccnc1. The highest BCUT2D eigenvalue weighted by Crippen LogP contribution is 2.11. The highest BCUT2D eigenvalue weighted by atomic mass is 32.2. The van der Waals surface area contributed by atoms with E-state index in [2.05, 4.69) is 9.71 Å². The summed E-state index contributed by atoms with van der Waals surface area (Å²) in [4.78, 5) is 15.1. The van der Waals surface area contributed by atoms with Crippen molar-refractivity contribution < 1.29 is 22.7 Å². The average molecular weight is 310 g/mol. The maximum absolute atomic E-state index is 11.9. The second-order valence-electron chi connectivity index (χ2n) is 4.41. The molecule has 0 aliphatic heterocycles. The van der Waals surface area contributed by atoms with Crippen LogP contribution in [-0.2, 0) is 21.2 Å². The number of nitrogens with zero attached hydrogens (tertiary/aromatic N) is 1. The molecule has 0 spiro atoms. The smallest absolute Gasteiger partial charge is 0.308 e. The summed E-state index contributed by atoms with van der Waals surface area (Å²) in [6.45, 7) is -0.211. The molecule has 2 heterocycles. The summed E-state index contributed by atoms with van der Waals surface area (Å²) in [5.41, 5.74) is 0.729. The molecule has 1 unspecified atom stereocenters. The zero-order valence-corrected chi connectivity index (χ0v) is 11.8. The van der Waals surface area contributed by atoms with Crippen LogP contribution in [0.15, 0.2) is 52.4 Å². The van der Waals surface area contributed by atoms with Crippen molar-refractivity contribution >= 4 is 16.0 Å². The fourth-order valence-electron chi connectivity index (χ4n) is 1.75. The Morgan fingerprint density at radius 1 is 1.43 bits per heavy atom. The number of hydrogen-bond donors (Lipinski definition) is 2. The van der Waals surface area contributed by atoms with Gasteiger partial charge in [-0.3, -0.25) is 9.78 Å². The van der Waals surface area contributed by atoms with Crippen molar-refractivity contribution in [2.75, 3.05) is 6.54 Å². The Balaban J connectivity index is 2.03. The Labute approximate surface area is 121 Å². The van der Waals surface area contributed by atoms with E-state index in [0.717, 1.165) is 11.8 Å². The van der Waals surface area contributed by atoms with Crippen LogP contribution in [0.4, 0.5) is 0 Å². The molecule has 0 radical (unpaired) electrons. The number of furan rings is 1. The second-order valence-corrected chi connectivity index (χ2v) is 6.18. The van der Waals surface area contributed by atoms with Crippen LogP contribution < -0.4 is 4.72 Å². The topological polar surface area (TPSA) is 110 Å². The van der Waals surface area contributed by atoms with Gasteiger partial charge in [-0.05, 0) is 24.1 Å². The van der Waals surface area contributed by atoms with Crippen LogP contribution in [0.2, 0.25) is 0 Å². The first-order chi connectivity index (χ1) is 9.99. The molecule has 8 heteroatoms. The van der Waals surface area contributed by atoms with Crippen LogP contribution >= 0.6 is 0 Å². The molecule has 2 aromatic heterocycles. The Morgan fingerprint density at radius 3 is 2.81 bits per heavy atom. The lowest BCUT2D eigenvalue weighted by molar-refractivity contribution is -0.141. The van der Waals surface area contributed by atoms with Gasteiger partial charge in [0.25, 0.3) is 0 Å². The van der Waals surface area contributed by atoms with E-state index < -0.39 is 21.9 Å². The van der Waals surface area contributed by atoms with Crippen LogP contribution in [0, 0.1) is 5.92 Å². The molecule has 0 aliphatic carbocycles. The molecule has 0 bridgehead atoms. The predicted octanol–water partition coefficient (Wildman–Crippen LogP) is 0.896. The number of carboxylic acids is 1. The number of aliphatic carboxylic acids is 1. The lowest BCUT2D eigenvalue weighted by Gasteiger charge is -2.13. The molecule has 21 heavy (non-hydrogen) atoms. The number of pyridine rings is 1. The van der Waals surface area contributed by atoms with Gasteiger partial charge in [-0.15, -0.1) is 0 Å². The molecular weight excluding hydrogens is 296 g/mol. The molecule has 7 nitrogen and oxygen atoms in total. The van der Waals surface area contributed by atoms with E-state index in [1.807, 2.05) is 0 Å². The van der Waals surface area contributed by atoms with Gasteiger partial charge < -0.3 is 9.52 Å². The van der Waals surface area contributed by atoms with Crippen LogP contribution in [0.3, 0.4) is 0 Å². The lowest BCUT2D eigenvalue weighted by atomic mass is 10.0. The molecule has 0 amide bonds. The predicted molar refractivity (Wildman–Crippen MR) is 73.0 cm³/mol. The highest BCUT2D eigenvalue weighted by molar-refractivity contribution is 7.89. The van der Waals surface area contributed by atoms with Gasteiger partial charge in [0.15, 0.2) is 0 Å². The van der Waals surface area contributed by atoms with E-state index in [1.54, 1.807) is 24.5 Å². The van der Waals surface area contributed by atoms with Crippen molar-refractivity contribution in [1.29, 1.82) is 0 Å². The summed E-state index contributed by atoms with van der Waals surface area (Å²) in [7, 11) is -3.76. The third-order valence-electron chi connectivity index (χ3n) is 2.88. The zero-order chi connectivity index (χ0) is 15.3. The largest absolute Gasteiger partial charge is 0.481 e. The summed E-state index contributed by atoms with van der Waals surface area (Å²) in [5, 5.41) is 9.19. The Morgan fingerprint density at radius 2 is 2.24 bits per heavy atom. The standard InChI is InChI=1S/C13H14N2O5S/c16-13(17)11(6-10-2-1-4-14-7-10)8-15-21(18,19)12-3-5-20-9-12/h1-5,7,9,11,15H,6,8H2,(H,16,17). The molecule has 2 N–H and O–H groups in total. The molecule has 0 aromatic carbocycles. The number of nitrogens with one attached hydrogen (secondary N) is 1. The van der Waals surface area contributed by atoms with Gasteiger partial charge in [-0.2, -0.15) is 0 Å². The minimum absolute atomic E-state index is 0.0342. The summed E-state index contributed by atoms with van der Waals surface area (Å²) >= 11 is 0. The van der Waals surface area contributed by atoms with Gasteiger partial charge in [0.1, 0.15) is 11.2 Å². The van der Waals surface area contributed by atoms with Crippen molar-refractivity contribution in [3.8, 4) is 0 Å². The van der Waals surface area contributed by atoms with Crippen LogP contribution in [0.1, 0.15) is 5.56 Å². The van der Waals surface area contributed by atoms with Gasteiger partial charge in [0.05, 0.1) is 12.2 Å². The van der Waals surface area contributed by atoms with Gasteiger partial charge >= 0.3 is 5.97 Å². The van der Waals surface area contributed by atoms with Gasteiger partial charge in [-0.25, -0.2) is 13.1 Å². The van der Waals surface area contributed by atoms with E-state index in [-0.39, 0.29) is 17.9 Å². The first kappa shape index (κ1) is 15.2. The van der Waals surface area contributed by atoms with Crippen LogP contribution in [-0.4, -0.2) is 31.0 Å². The molecule has 0 fully saturated rings. The van der Waals surface area contributed by atoms with E-state index in [9.17, 15) is 18.3 Å². The summed E-state index contributed by atoms with van der Waals surface area (Å²) in [6, 6.07) is 4.73. The fourth-order valence-corrected chi connectivity index (χ4v) is 2.75. The minimum atomic E-state index is -3.76. The Kier molecular flexibility index (Phi) is 4.71. The minimum Gasteiger partial charge on any atom is -0.481 e. The normalized spacial score (nSPS) is 13.0. The van der Waals surface area contributed by atoms with Crippen LogP contribution in [0.25, 0.3) is 0 Å². The number of sulfonamides is 1. The highest BCUT2D eigenvalue weighted by Gasteiger charge is 2.22. The monoisotopic (exact) mass is 310 g/mol. The van der Waals surface area contributed by atoms with E-state index in [4.69, 9.17) is 4.42 Å². The Bertz CT molecular complexity index is 683. The maximum Gasteiger partial charge on any atom is 0.308 e. The quantitative estimate of drug-likeness (QED) is 0.786. The number of rotatable bonds is 7. The molecule has 2 rings (SSSR count). The maximum atomic E-state index is 11.9.